The van der Waals surface area contributed by atoms with E-state index in [1.807, 2.05) is 0 Å². The summed E-state index contributed by atoms with van der Waals surface area (Å²) in [4.78, 5) is 25.9. The molecular formula is C40H68O5Si2. The van der Waals surface area contributed by atoms with Gasteiger partial charge in [0.2, 0.25) is 0 Å². The lowest BCUT2D eigenvalue weighted by atomic mass is 9.84. The number of hydrogen-bond donors (Lipinski definition) is 0. The van der Waals surface area contributed by atoms with Crippen molar-refractivity contribution in [3.63, 3.8) is 0 Å². The highest BCUT2D eigenvalue weighted by Crippen LogP contribution is 2.50. The summed E-state index contributed by atoms with van der Waals surface area (Å²) in [7, 11) is -4.03. The molecule has 4 aliphatic carbocycles. The quantitative estimate of drug-likeness (QED) is 0.123. The van der Waals surface area contributed by atoms with Gasteiger partial charge in [-0.1, -0.05) is 85.1 Å². The molecule has 4 aliphatic rings. The summed E-state index contributed by atoms with van der Waals surface area (Å²) in [5.41, 5.74) is 0.944. The minimum absolute atomic E-state index is 0.0346. The molecule has 0 spiro atoms. The average molecular weight is 685 g/mol. The second kappa shape index (κ2) is 15.8. The van der Waals surface area contributed by atoms with Gasteiger partial charge in [-0.3, -0.25) is 9.59 Å². The van der Waals surface area contributed by atoms with Crippen LogP contribution in [0, 0.1) is 35.5 Å². The van der Waals surface area contributed by atoms with Gasteiger partial charge in [-0.2, -0.15) is 0 Å². The largest absolute Gasteiger partial charge is 0.462 e. The molecule has 0 aromatic heterocycles. The second-order valence-electron chi connectivity index (χ2n) is 18.4. The first kappa shape index (κ1) is 38.6. The van der Waals surface area contributed by atoms with E-state index in [-0.39, 0.29) is 46.1 Å². The summed E-state index contributed by atoms with van der Waals surface area (Å²) in [6, 6.07) is 0. The van der Waals surface area contributed by atoms with Gasteiger partial charge in [-0.25, -0.2) is 0 Å². The van der Waals surface area contributed by atoms with Crippen molar-refractivity contribution in [1.82, 2.24) is 0 Å². The molecule has 0 bridgehead atoms. The molecule has 0 aromatic carbocycles. The Morgan fingerprint density at radius 1 is 0.851 bits per heavy atom. The predicted molar refractivity (Wildman–Crippen MR) is 198 cm³/mol. The fraction of sp³-hybridized carbons (Fsp3) is 0.850. The highest BCUT2D eigenvalue weighted by atomic mass is 28.4. The fourth-order valence-corrected chi connectivity index (χ4v) is 10.2. The zero-order valence-electron chi connectivity index (χ0n) is 31.8. The van der Waals surface area contributed by atoms with Crippen molar-refractivity contribution in [2.75, 3.05) is 0 Å². The molecule has 0 radical (unpaired) electrons. The predicted octanol–water partition coefficient (Wildman–Crippen LogP) is 10.5. The molecule has 0 heterocycles. The molecule has 0 aromatic rings. The summed E-state index contributed by atoms with van der Waals surface area (Å²) in [6.07, 6.45) is 17.1. The summed E-state index contributed by atoms with van der Waals surface area (Å²) in [5, 5.41) is 0.249. The van der Waals surface area contributed by atoms with Gasteiger partial charge in [0, 0.05) is 18.8 Å². The number of hydrogen-bond acceptors (Lipinski definition) is 5. The Balaban J connectivity index is 1.48. The van der Waals surface area contributed by atoms with Gasteiger partial charge in [0.05, 0.1) is 6.10 Å². The lowest BCUT2D eigenvalue weighted by molar-refractivity contribution is -0.150. The Morgan fingerprint density at radius 2 is 1.45 bits per heavy atom. The van der Waals surface area contributed by atoms with Crippen molar-refractivity contribution >= 4 is 28.4 Å². The first-order chi connectivity index (χ1) is 21.9. The number of carbonyl (C=O) groups excluding carboxylic acids is 2. The maximum absolute atomic E-state index is 13.4. The van der Waals surface area contributed by atoms with Crippen molar-refractivity contribution < 1.29 is 23.2 Å². The van der Waals surface area contributed by atoms with E-state index in [0.717, 1.165) is 44.1 Å². The van der Waals surface area contributed by atoms with Gasteiger partial charge in [0.15, 0.2) is 22.4 Å². The zero-order chi connectivity index (χ0) is 34.6. The molecule has 47 heavy (non-hydrogen) atoms. The Bertz CT molecular complexity index is 1170. The molecule has 0 N–H and O–H groups in total. The Labute approximate surface area is 290 Å². The summed E-state index contributed by atoms with van der Waals surface area (Å²) >= 11 is 0. The second-order valence-corrected chi connectivity index (χ2v) is 27.9. The molecule has 2 unspecified atom stereocenters. The molecule has 3 fully saturated rings. The maximum atomic E-state index is 13.4. The van der Waals surface area contributed by atoms with Crippen LogP contribution in [-0.2, 0) is 23.2 Å². The number of carbonyl (C=O) groups is 2. The summed E-state index contributed by atoms with van der Waals surface area (Å²) in [6.45, 7) is 23.3. The third-order valence-electron chi connectivity index (χ3n) is 12.7. The van der Waals surface area contributed by atoms with Gasteiger partial charge in [0.25, 0.3) is 0 Å². The minimum atomic E-state index is -2.02. The van der Waals surface area contributed by atoms with Gasteiger partial charge in [-0.05, 0) is 117 Å². The van der Waals surface area contributed by atoms with Crippen LogP contribution in [0.2, 0.25) is 36.3 Å². The number of esters is 1. The summed E-state index contributed by atoms with van der Waals surface area (Å²) < 4.78 is 19.9. The molecule has 0 saturated heterocycles. The first-order valence-corrected chi connectivity index (χ1v) is 25.0. The van der Waals surface area contributed by atoms with E-state index in [0.29, 0.717) is 37.0 Å². The third-order valence-corrected chi connectivity index (χ3v) is 21.7. The lowest BCUT2D eigenvalue weighted by Gasteiger charge is -2.41. The Kier molecular flexibility index (Phi) is 13.0. The van der Waals surface area contributed by atoms with Crippen LogP contribution in [0.3, 0.4) is 0 Å². The molecule has 4 rings (SSSR count). The number of allylic oxidation sites excluding steroid dienone is 2. The molecule has 5 nitrogen and oxygen atoms in total. The van der Waals surface area contributed by atoms with Crippen LogP contribution in [-0.4, -0.2) is 46.7 Å². The van der Waals surface area contributed by atoms with Gasteiger partial charge >= 0.3 is 5.97 Å². The topological polar surface area (TPSA) is 61.8 Å². The van der Waals surface area contributed by atoms with Gasteiger partial charge < -0.3 is 13.6 Å². The average Bonchev–Trinajstić information content (AvgIpc) is 3.52. The molecular weight excluding hydrogens is 617 g/mol. The Morgan fingerprint density at radius 3 is 2.04 bits per heavy atom. The Hall–Kier alpha value is -1.21. The maximum Gasteiger partial charge on any atom is 0.306 e. The van der Waals surface area contributed by atoms with E-state index in [1.165, 1.54) is 38.5 Å². The fourth-order valence-electron chi connectivity index (χ4n) is 7.60. The van der Waals surface area contributed by atoms with Crippen LogP contribution in [0.25, 0.3) is 0 Å². The van der Waals surface area contributed by atoms with Crippen LogP contribution in [0.1, 0.15) is 138 Å². The SMILES string of the molecule is CC(C)(C)[Si](C)(C)O[C@H](C#C[C@@H]1C2CC(C(=O)CCCC(=O)OC3CCCCC3)=CC2C[C@H]1O[Si](C)(C)C(C)(C)C)C1CCCCC1. The van der Waals surface area contributed by atoms with Crippen LogP contribution in [0.5, 0.6) is 0 Å². The van der Waals surface area contributed by atoms with Crippen LogP contribution >= 0.6 is 0 Å². The number of fused-ring (bicyclic) bond motifs is 1. The molecule has 3 saturated carbocycles. The third kappa shape index (κ3) is 10.2. The number of ketones is 1. The normalized spacial score (nSPS) is 27.1. The number of Topliss-reactive ketones (excluding diaryl/α,β-unsaturated/α-hetero) is 1. The number of ether oxygens (including phenoxy) is 1. The smallest absolute Gasteiger partial charge is 0.306 e. The van der Waals surface area contributed by atoms with E-state index >= 15 is 0 Å². The molecule has 266 valence electrons. The van der Waals surface area contributed by atoms with Crippen molar-refractivity contribution in [2.45, 2.75) is 192 Å². The number of rotatable bonds is 11. The molecule has 5 atom stereocenters. The van der Waals surface area contributed by atoms with Crippen molar-refractivity contribution in [2.24, 2.45) is 23.7 Å². The van der Waals surface area contributed by atoms with Crippen LogP contribution < -0.4 is 0 Å². The molecule has 0 aliphatic heterocycles. The van der Waals surface area contributed by atoms with E-state index < -0.39 is 16.6 Å². The van der Waals surface area contributed by atoms with E-state index in [1.54, 1.807) is 0 Å². The minimum Gasteiger partial charge on any atom is -0.462 e. The van der Waals surface area contributed by atoms with Crippen molar-refractivity contribution in [3.05, 3.63) is 11.6 Å². The molecule has 7 heteroatoms. The van der Waals surface area contributed by atoms with E-state index in [9.17, 15) is 9.59 Å². The van der Waals surface area contributed by atoms with E-state index in [2.05, 4.69) is 85.6 Å². The van der Waals surface area contributed by atoms with Crippen LogP contribution in [0.15, 0.2) is 11.6 Å². The monoisotopic (exact) mass is 684 g/mol. The van der Waals surface area contributed by atoms with Gasteiger partial charge in [0.1, 0.15) is 12.2 Å². The standard InChI is InChI=1S/C40H68O5Si2/c1-39(2,3)46(7,8)44-36(29-18-13-11-14-19-29)25-24-33-34-27-31(26-30(34)28-37(33)45-47(9,10)40(4,5)6)35(41)22-17-23-38(42)43-32-20-15-12-16-21-32/h26,29-30,32-34,36-37H,11-23,27-28H2,1-10H3/t30?,33-,34?,36-,37-/m1/s1. The molecule has 0 amide bonds. The van der Waals surface area contributed by atoms with Crippen molar-refractivity contribution in [1.29, 1.82) is 0 Å². The van der Waals surface area contributed by atoms with Crippen LogP contribution in [0.4, 0.5) is 0 Å². The van der Waals surface area contributed by atoms with E-state index in [4.69, 9.17) is 13.6 Å². The first-order valence-electron chi connectivity index (χ1n) is 19.2. The highest BCUT2D eigenvalue weighted by molar-refractivity contribution is 6.74. The van der Waals surface area contributed by atoms with Crippen molar-refractivity contribution in [3.8, 4) is 11.8 Å². The lowest BCUT2D eigenvalue weighted by Crippen LogP contribution is -2.46. The zero-order valence-corrected chi connectivity index (χ0v) is 33.8. The van der Waals surface area contributed by atoms with Gasteiger partial charge in [-0.15, -0.1) is 0 Å². The summed E-state index contributed by atoms with van der Waals surface area (Å²) in [5.74, 6) is 8.88. The highest BCUT2D eigenvalue weighted by Gasteiger charge is 2.50.